The molecule has 3 aromatic carbocycles. The van der Waals surface area contributed by atoms with Gasteiger partial charge in [0.1, 0.15) is 17.3 Å². The Morgan fingerprint density at radius 1 is 0.971 bits per heavy atom. The molecular formula is C29H29NO5. The Kier molecular flexibility index (Phi) is 6.65. The van der Waals surface area contributed by atoms with Crippen LogP contribution in [0.15, 0.2) is 72.3 Å². The second-order valence-electron chi connectivity index (χ2n) is 9.23. The largest absolute Gasteiger partial charge is 0.508 e. The second kappa shape index (κ2) is 9.66. The first kappa shape index (κ1) is 24.1. The van der Waals surface area contributed by atoms with Gasteiger partial charge < -0.3 is 14.9 Å². The number of aliphatic hydroxyl groups is 1. The number of hydrogen-bond donors (Lipinski definition) is 2. The van der Waals surface area contributed by atoms with E-state index in [-0.39, 0.29) is 17.1 Å². The quantitative estimate of drug-likeness (QED) is 0.275. The molecule has 1 unspecified atom stereocenters. The molecule has 0 saturated carbocycles. The summed E-state index contributed by atoms with van der Waals surface area (Å²) in [5, 5.41) is 21.1. The van der Waals surface area contributed by atoms with Crippen molar-refractivity contribution in [2.75, 3.05) is 11.5 Å². The van der Waals surface area contributed by atoms with Gasteiger partial charge >= 0.3 is 0 Å². The van der Waals surface area contributed by atoms with Gasteiger partial charge in [-0.05, 0) is 72.9 Å². The molecule has 1 aliphatic rings. The van der Waals surface area contributed by atoms with Gasteiger partial charge in [-0.2, -0.15) is 0 Å². The number of nitrogens with zero attached hydrogens (tertiary/aromatic N) is 1. The molecule has 6 nitrogen and oxygen atoms in total. The van der Waals surface area contributed by atoms with E-state index in [1.165, 1.54) is 17.0 Å². The fourth-order valence-electron chi connectivity index (χ4n) is 4.26. The summed E-state index contributed by atoms with van der Waals surface area (Å²) in [4.78, 5) is 28.0. The average Bonchev–Trinajstić information content (AvgIpc) is 3.09. The maximum atomic E-state index is 13.3. The Hall–Kier alpha value is -4.06. The van der Waals surface area contributed by atoms with Crippen molar-refractivity contribution in [2.45, 2.75) is 33.7 Å². The summed E-state index contributed by atoms with van der Waals surface area (Å²) in [6.45, 7) is 8.42. The van der Waals surface area contributed by atoms with Crippen LogP contribution in [0.25, 0.3) is 5.76 Å². The van der Waals surface area contributed by atoms with E-state index in [2.05, 4.69) is 13.8 Å². The number of aliphatic hydroxyl groups excluding tert-OH is 1. The van der Waals surface area contributed by atoms with Crippen LogP contribution in [0.1, 0.15) is 42.1 Å². The number of Topliss-reactive ketones (excluding diaryl/α,β-unsaturated/α-hetero) is 1. The number of ether oxygens (including phenoxy) is 1. The number of benzene rings is 3. The molecule has 35 heavy (non-hydrogen) atoms. The zero-order valence-corrected chi connectivity index (χ0v) is 20.3. The molecule has 1 fully saturated rings. The molecule has 1 saturated heterocycles. The van der Waals surface area contributed by atoms with Crippen LogP contribution in [0.2, 0.25) is 0 Å². The lowest BCUT2D eigenvalue weighted by Gasteiger charge is -2.26. The molecule has 0 bridgehead atoms. The van der Waals surface area contributed by atoms with Crippen molar-refractivity contribution in [1.82, 2.24) is 0 Å². The van der Waals surface area contributed by atoms with Crippen molar-refractivity contribution in [3.8, 4) is 11.5 Å². The third-order valence-electron chi connectivity index (χ3n) is 6.05. The highest BCUT2D eigenvalue weighted by atomic mass is 16.5. The summed E-state index contributed by atoms with van der Waals surface area (Å²) >= 11 is 0. The van der Waals surface area contributed by atoms with Crippen molar-refractivity contribution in [2.24, 2.45) is 5.92 Å². The van der Waals surface area contributed by atoms with E-state index in [1.54, 1.807) is 42.5 Å². The second-order valence-corrected chi connectivity index (χ2v) is 9.23. The van der Waals surface area contributed by atoms with Gasteiger partial charge in [0.15, 0.2) is 0 Å². The van der Waals surface area contributed by atoms with Gasteiger partial charge in [0.25, 0.3) is 11.7 Å². The number of para-hydroxylation sites is 1. The summed E-state index contributed by atoms with van der Waals surface area (Å²) in [6, 6.07) is 17.9. The molecule has 1 aliphatic heterocycles. The number of rotatable bonds is 6. The molecule has 0 radical (unpaired) electrons. The van der Waals surface area contributed by atoms with Crippen molar-refractivity contribution in [3.05, 3.63) is 94.6 Å². The number of aromatic hydroxyl groups is 1. The molecule has 0 aliphatic carbocycles. The molecule has 0 aromatic heterocycles. The summed E-state index contributed by atoms with van der Waals surface area (Å²) in [6.07, 6.45) is 0. The van der Waals surface area contributed by atoms with E-state index in [1.807, 2.05) is 26.0 Å². The first-order valence-corrected chi connectivity index (χ1v) is 11.6. The third-order valence-corrected chi connectivity index (χ3v) is 6.05. The maximum absolute atomic E-state index is 13.3. The summed E-state index contributed by atoms with van der Waals surface area (Å²) < 4.78 is 5.84. The van der Waals surface area contributed by atoms with Crippen LogP contribution in [0.5, 0.6) is 11.5 Å². The highest BCUT2D eigenvalue weighted by Crippen LogP contribution is 2.43. The van der Waals surface area contributed by atoms with Gasteiger partial charge in [0.05, 0.1) is 18.2 Å². The van der Waals surface area contributed by atoms with Crippen LogP contribution >= 0.6 is 0 Å². The van der Waals surface area contributed by atoms with E-state index in [0.717, 1.165) is 11.1 Å². The number of hydrogen-bond acceptors (Lipinski definition) is 5. The van der Waals surface area contributed by atoms with Gasteiger partial charge in [-0.15, -0.1) is 0 Å². The summed E-state index contributed by atoms with van der Waals surface area (Å²) in [5.41, 5.74) is 3.23. The third kappa shape index (κ3) is 4.64. The van der Waals surface area contributed by atoms with E-state index >= 15 is 0 Å². The lowest BCUT2D eigenvalue weighted by atomic mass is 9.94. The molecule has 1 atom stereocenters. The van der Waals surface area contributed by atoms with Gasteiger partial charge in [0.2, 0.25) is 0 Å². The SMILES string of the molecule is Cc1cc(/C(O)=C2/C(=O)C(=O)N(c3ccccc3C)C2c2ccc(O)cc2)ccc1OCC(C)C. The van der Waals surface area contributed by atoms with Gasteiger partial charge in [-0.25, -0.2) is 0 Å². The highest BCUT2D eigenvalue weighted by Gasteiger charge is 2.47. The van der Waals surface area contributed by atoms with Crippen LogP contribution in [0, 0.1) is 19.8 Å². The maximum Gasteiger partial charge on any atom is 0.300 e. The molecule has 4 rings (SSSR count). The number of amides is 1. The summed E-state index contributed by atoms with van der Waals surface area (Å²) in [5.74, 6) is -0.602. The van der Waals surface area contributed by atoms with Crippen LogP contribution in [0.4, 0.5) is 5.69 Å². The summed E-state index contributed by atoms with van der Waals surface area (Å²) in [7, 11) is 0. The monoisotopic (exact) mass is 471 g/mol. The Labute approximate surface area is 205 Å². The van der Waals surface area contributed by atoms with Crippen LogP contribution < -0.4 is 9.64 Å². The Morgan fingerprint density at radius 3 is 2.29 bits per heavy atom. The number of aryl methyl sites for hydroxylation is 2. The number of phenolic OH excluding ortho intramolecular Hbond substituents is 1. The number of phenols is 1. The first-order chi connectivity index (χ1) is 16.7. The first-order valence-electron chi connectivity index (χ1n) is 11.6. The van der Waals surface area contributed by atoms with Crippen molar-refractivity contribution in [3.63, 3.8) is 0 Å². The normalized spacial score (nSPS) is 17.3. The van der Waals surface area contributed by atoms with Gasteiger partial charge in [-0.3, -0.25) is 14.5 Å². The molecular weight excluding hydrogens is 442 g/mol. The zero-order valence-electron chi connectivity index (χ0n) is 20.3. The number of ketones is 1. The lowest BCUT2D eigenvalue weighted by molar-refractivity contribution is -0.132. The highest BCUT2D eigenvalue weighted by molar-refractivity contribution is 6.51. The number of carbonyl (C=O) groups is 2. The number of carbonyl (C=O) groups excluding carboxylic acids is 2. The topological polar surface area (TPSA) is 87.1 Å². The van der Waals surface area contributed by atoms with E-state index < -0.39 is 17.7 Å². The van der Waals surface area contributed by atoms with Crippen molar-refractivity contribution in [1.29, 1.82) is 0 Å². The Bertz CT molecular complexity index is 1310. The number of anilines is 1. The van der Waals surface area contributed by atoms with Gasteiger partial charge in [0, 0.05) is 11.3 Å². The fourth-order valence-corrected chi connectivity index (χ4v) is 4.26. The van der Waals surface area contributed by atoms with Crippen LogP contribution in [0.3, 0.4) is 0 Å². The van der Waals surface area contributed by atoms with E-state index in [4.69, 9.17) is 4.74 Å². The molecule has 1 heterocycles. The lowest BCUT2D eigenvalue weighted by Crippen LogP contribution is -2.30. The van der Waals surface area contributed by atoms with Crippen molar-refractivity contribution < 1.29 is 24.5 Å². The molecule has 6 heteroatoms. The van der Waals surface area contributed by atoms with Gasteiger partial charge in [-0.1, -0.05) is 44.2 Å². The van der Waals surface area contributed by atoms with Crippen LogP contribution in [-0.4, -0.2) is 28.5 Å². The zero-order chi connectivity index (χ0) is 25.3. The molecule has 1 amide bonds. The minimum Gasteiger partial charge on any atom is -0.508 e. The Balaban J connectivity index is 1.86. The molecule has 180 valence electrons. The van der Waals surface area contributed by atoms with Crippen LogP contribution in [-0.2, 0) is 9.59 Å². The Morgan fingerprint density at radius 2 is 1.66 bits per heavy atom. The standard InChI is InChI=1S/C29H29NO5/c1-17(2)16-35-24-14-11-21(15-19(24)4)27(32)25-26(20-9-12-22(31)13-10-20)30(29(34)28(25)33)23-8-6-5-7-18(23)3/h5-15,17,26,31-32H,16H2,1-4H3/b27-25-. The minimum atomic E-state index is -0.853. The fraction of sp³-hybridized carbons (Fsp3) is 0.241. The molecule has 3 aromatic rings. The smallest absolute Gasteiger partial charge is 0.300 e. The molecule has 0 spiro atoms. The van der Waals surface area contributed by atoms with E-state index in [0.29, 0.717) is 35.1 Å². The average molecular weight is 472 g/mol. The minimum absolute atomic E-state index is 0.000748. The van der Waals surface area contributed by atoms with E-state index in [9.17, 15) is 19.8 Å². The van der Waals surface area contributed by atoms with Crippen molar-refractivity contribution >= 4 is 23.1 Å². The molecule has 2 N–H and O–H groups in total. The predicted molar refractivity (Wildman–Crippen MR) is 136 cm³/mol. The predicted octanol–water partition coefficient (Wildman–Crippen LogP) is 5.67.